The minimum Gasteiger partial charge on any atom is -0.488 e. The number of hydrogen-bond donors (Lipinski definition) is 2. The summed E-state index contributed by atoms with van der Waals surface area (Å²) in [6.45, 7) is 5.85. The smallest absolute Gasteiger partial charge is 0.336 e. The fourth-order valence-electron chi connectivity index (χ4n) is 2.03. The third kappa shape index (κ3) is 4.57. The topological polar surface area (TPSA) is 75.6 Å². The average Bonchev–Trinajstić information content (AvgIpc) is 2.47. The number of benzene rings is 2. The third-order valence-electron chi connectivity index (χ3n) is 2.94. The van der Waals surface area contributed by atoms with Gasteiger partial charge in [0.15, 0.2) is 0 Å². The normalized spacial score (nSPS) is 10.9. The van der Waals surface area contributed by atoms with E-state index in [1.165, 1.54) is 12.1 Å². The van der Waals surface area contributed by atoms with Crippen molar-refractivity contribution in [2.24, 2.45) is 0 Å². The minimum atomic E-state index is -1.13. The Morgan fingerprint density at radius 2 is 1.52 bits per heavy atom. The maximum atomic E-state index is 12.2. The Hall–Kier alpha value is -2.82. The van der Waals surface area contributed by atoms with Crippen LogP contribution < -0.4 is 10.1 Å². The summed E-state index contributed by atoms with van der Waals surface area (Å²) in [5.74, 6) is -0.904. The van der Waals surface area contributed by atoms with E-state index >= 15 is 0 Å². The number of carbonyl (C=O) groups is 2. The van der Waals surface area contributed by atoms with E-state index in [1.807, 2.05) is 20.8 Å². The number of anilines is 1. The molecule has 0 saturated heterocycles. The predicted octanol–water partition coefficient (Wildman–Crippen LogP) is 3.81. The van der Waals surface area contributed by atoms with Crippen LogP contribution in [0.25, 0.3) is 0 Å². The van der Waals surface area contributed by atoms with Crippen LogP contribution in [0.2, 0.25) is 0 Å². The van der Waals surface area contributed by atoms with Crippen LogP contribution in [0.5, 0.6) is 5.75 Å². The third-order valence-corrected chi connectivity index (χ3v) is 2.94. The van der Waals surface area contributed by atoms with Crippen LogP contribution in [0.3, 0.4) is 0 Å². The van der Waals surface area contributed by atoms with Gasteiger partial charge in [0, 0.05) is 5.69 Å². The van der Waals surface area contributed by atoms with Crippen molar-refractivity contribution in [3.05, 3.63) is 59.7 Å². The quantitative estimate of drug-likeness (QED) is 0.900. The minimum absolute atomic E-state index is 0.0299. The first-order chi connectivity index (χ1) is 10.8. The van der Waals surface area contributed by atoms with Gasteiger partial charge in [-0.1, -0.05) is 12.1 Å². The van der Waals surface area contributed by atoms with Gasteiger partial charge in [-0.05, 0) is 57.2 Å². The molecule has 5 heteroatoms. The summed E-state index contributed by atoms with van der Waals surface area (Å²) in [4.78, 5) is 23.4. The molecule has 0 aliphatic rings. The highest BCUT2D eigenvalue weighted by Crippen LogP contribution is 2.21. The van der Waals surface area contributed by atoms with Gasteiger partial charge < -0.3 is 15.2 Å². The molecule has 2 aromatic carbocycles. The molecule has 1 amide bonds. The van der Waals surface area contributed by atoms with Crippen molar-refractivity contribution in [1.29, 1.82) is 0 Å². The number of aromatic carboxylic acids is 1. The molecule has 120 valence electrons. The number of hydrogen-bond acceptors (Lipinski definition) is 3. The van der Waals surface area contributed by atoms with Crippen LogP contribution in [-0.2, 0) is 0 Å². The summed E-state index contributed by atoms with van der Waals surface area (Å²) in [6, 6.07) is 13.0. The molecular weight excluding hydrogens is 294 g/mol. The van der Waals surface area contributed by atoms with Crippen LogP contribution in [0, 0.1) is 0 Å². The Balaban J connectivity index is 2.14. The number of amides is 1. The molecule has 0 atom stereocenters. The molecule has 5 nitrogen and oxygen atoms in total. The van der Waals surface area contributed by atoms with Crippen LogP contribution in [0.15, 0.2) is 48.5 Å². The van der Waals surface area contributed by atoms with E-state index in [9.17, 15) is 9.59 Å². The summed E-state index contributed by atoms with van der Waals surface area (Å²) in [7, 11) is 0. The van der Waals surface area contributed by atoms with Gasteiger partial charge in [-0.3, -0.25) is 4.79 Å². The zero-order valence-electron chi connectivity index (χ0n) is 13.3. The second kappa shape index (κ2) is 6.52. The van der Waals surface area contributed by atoms with Gasteiger partial charge in [0.1, 0.15) is 11.4 Å². The molecule has 0 radical (unpaired) electrons. The zero-order chi connectivity index (χ0) is 17.0. The summed E-state index contributed by atoms with van der Waals surface area (Å²) in [5.41, 5.74) is 0.356. The van der Waals surface area contributed by atoms with Gasteiger partial charge in [-0.25, -0.2) is 4.79 Å². The van der Waals surface area contributed by atoms with E-state index in [2.05, 4.69) is 5.32 Å². The lowest BCUT2D eigenvalue weighted by Crippen LogP contribution is -2.22. The van der Waals surface area contributed by atoms with E-state index in [0.717, 1.165) is 0 Å². The standard InChI is InChI=1S/C18H19NO4/c1-18(2,3)23-13-10-8-12(9-11-13)19-16(20)14-6-4-5-7-15(14)17(21)22/h4-11H,1-3H3,(H,19,20)(H,21,22). The molecule has 2 N–H and O–H groups in total. The SMILES string of the molecule is CC(C)(C)Oc1ccc(NC(=O)c2ccccc2C(=O)O)cc1. The van der Waals surface area contributed by atoms with Crippen molar-refractivity contribution < 1.29 is 19.4 Å². The number of carbonyl (C=O) groups excluding carboxylic acids is 1. The number of nitrogens with one attached hydrogen (secondary N) is 1. The molecule has 0 fully saturated rings. The first-order valence-electron chi connectivity index (χ1n) is 7.19. The number of rotatable bonds is 4. The van der Waals surface area contributed by atoms with Gasteiger partial charge >= 0.3 is 5.97 Å². The second-order valence-electron chi connectivity index (χ2n) is 6.04. The van der Waals surface area contributed by atoms with Crippen molar-refractivity contribution >= 4 is 17.6 Å². The monoisotopic (exact) mass is 313 g/mol. The molecule has 2 rings (SSSR count). The van der Waals surface area contributed by atoms with Crippen molar-refractivity contribution in [3.63, 3.8) is 0 Å². The summed E-state index contributed by atoms with van der Waals surface area (Å²) in [5, 5.41) is 11.8. The van der Waals surface area contributed by atoms with E-state index < -0.39 is 11.9 Å². The van der Waals surface area contributed by atoms with Crippen LogP contribution >= 0.6 is 0 Å². The predicted molar refractivity (Wildman–Crippen MR) is 88.2 cm³/mol. The highest BCUT2D eigenvalue weighted by molar-refractivity contribution is 6.10. The zero-order valence-corrected chi connectivity index (χ0v) is 13.3. The molecule has 0 heterocycles. The van der Waals surface area contributed by atoms with Crippen molar-refractivity contribution in [3.8, 4) is 5.75 Å². The van der Waals surface area contributed by atoms with E-state index in [1.54, 1.807) is 36.4 Å². The van der Waals surface area contributed by atoms with Gasteiger partial charge in [-0.15, -0.1) is 0 Å². The Morgan fingerprint density at radius 1 is 0.957 bits per heavy atom. The molecule has 0 saturated carbocycles. The largest absolute Gasteiger partial charge is 0.488 e. The molecule has 2 aromatic rings. The number of carboxylic acids is 1. The molecule has 0 spiro atoms. The summed E-state index contributed by atoms with van der Waals surface area (Å²) >= 11 is 0. The maximum absolute atomic E-state index is 12.2. The molecular formula is C18H19NO4. The van der Waals surface area contributed by atoms with E-state index in [-0.39, 0.29) is 16.7 Å². The molecule has 0 unspecified atom stereocenters. The maximum Gasteiger partial charge on any atom is 0.336 e. The van der Waals surface area contributed by atoms with Crippen LogP contribution in [0.4, 0.5) is 5.69 Å². The van der Waals surface area contributed by atoms with Crippen molar-refractivity contribution in [2.45, 2.75) is 26.4 Å². The number of ether oxygens (including phenoxy) is 1. The van der Waals surface area contributed by atoms with Crippen LogP contribution in [0.1, 0.15) is 41.5 Å². The van der Waals surface area contributed by atoms with Crippen molar-refractivity contribution in [2.75, 3.05) is 5.32 Å². The van der Waals surface area contributed by atoms with E-state index in [4.69, 9.17) is 9.84 Å². The number of carboxylic acid groups (broad SMARTS) is 1. The highest BCUT2D eigenvalue weighted by Gasteiger charge is 2.16. The lowest BCUT2D eigenvalue weighted by atomic mass is 10.1. The molecule has 0 aromatic heterocycles. The Bertz CT molecular complexity index is 715. The van der Waals surface area contributed by atoms with Gasteiger partial charge in [0.25, 0.3) is 5.91 Å². The first kappa shape index (κ1) is 16.5. The Kier molecular flexibility index (Phi) is 4.69. The highest BCUT2D eigenvalue weighted by atomic mass is 16.5. The second-order valence-corrected chi connectivity index (χ2v) is 6.04. The van der Waals surface area contributed by atoms with E-state index in [0.29, 0.717) is 11.4 Å². The van der Waals surface area contributed by atoms with Gasteiger partial charge in [0.2, 0.25) is 0 Å². The molecule has 23 heavy (non-hydrogen) atoms. The summed E-state index contributed by atoms with van der Waals surface area (Å²) < 4.78 is 5.71. The molecule has 0 bridgehead atoms. The van der Waals surface area contributed by atoms with Gasteiger partial charge in [-0.2, -0.15) is 0 Å². The fraction of sp³-hybridized carbons (Fsp3) is 0.222. The lowest BCUT2D eigenvalue weighted by Gasteiger charge is -2.21. The van der Waals surface area contributed by atoms with Crippen LogP contribution in [-0.4, -0.2) is 22.6 Å². The Morgan fingerprint density at radius 3 is 2.04 bits per heavy atom. The lowest BCUT2D eigenvalue weighted by molar-refractivity contribution is 0.0692. The fourth-order valence-corrected chi connectivity index (χ4v) is 2.03. The average molecular weight is 313 g/mol. The van der Waals surface area contributed by atoms with Gasteiger partial charge in [0.05, 0.1) is 11.1 Å². The molecule has 0 aliphatic carbocycles. The van der Waals surface area contributed by atoms with Crippen molar-refractivity contribution in [1.82, 2.24) is 0 Å². The first-order valence-corrected chi connectivity index (χ1v) is 7.19. The Labute approximate surface area is 134 Å². The molecule has 0 aliphatic heterocycles. The summed E-state index contributed by atoms with van der Waals surface area (Å²) in [6.07, 6.45) is 0.